The number of nitrogens with one attached hydrogen (secondary N) is 1. The Kier molecular flexibility index (Phi) is 8.02. The molecular formula is C25H36ClNO2. The highest BCUT2D eigenvalue weighted by atomic mass is 35.5. The minimum Gasteiger partial charge on any atom is -0.490 e. The Labute approximate surface area is 181 Å². The van der Waals surface area contributed by atoms with E-state index in [1.54, 1.807) is 0 Å². The van der Waals surface area contributed by atoms with Gasteiger partial charge in [-0.2, -0.15) is 0 Å². The molecule has 3 nitrogen and oxygen atoms in total. The number of rotatable bonds is 9. The van der Waals surface area contributed by atoms with Crippen LogP contribution in [0.1, 0.15) is 64.7 Å². The third kappa shape index (κ3) is 7.91. The number of benzene rings is 2. The van der Waals surface area contributed by atoms with Crippen LogP contribution in [0.2, 0.25) is 5.02 Å². The first kappa shape index (κ1) is 23.6. The molecule has 0 spiro atoms. The molecule has 0 aromatic heterocycles. The van der Waals surface area contributed by atoms with E-state index in [1.807, 2.05) is 25.1 Å². The molecule has 0 saturated heterocycles. The zero-order chi connectivity index (χ0) is 21.7. The average Bonchev–Trinajstić information content (AvgIpc) is 2.58. The molecule has 0 aliphatic rings. The fraction of sp³-hybridized carbons (Fsp3) is 0.520. The molecule has 0 radical (unpaired) electrons. The lowest BCUT2D eigenvalue weighted by Crippen LogP contribution is -2.41. The second kappa shape index (κ2) is 9.86. The molecule has 0 fully saturated rings. The van der Waals surface area contributed by atoms with E-state index in [9.17, 15) is 0 Å². The van der Waals surface area contributed by atoms with E-state index in [0.29, 0.717) is 30.5 Å². The fourth-order valence-corrected chi connectivity index (χ4v) is 4.00. The molecule has 2 rings (SSSR count). The quantitative estimate of drug-likeness (QED) is 0.479. The molecule has 0 aliphatic carbocycles. The summed E-state index contributed by atoms with van der Waals surface area (Å²) >= 11 is 6.59. The van der Waals surface area contributed by atoms with Crippen molar-refractivity contribution in [2.45, 2.75) is 73.6 Å². The van der Waals surface area contributed by atoms with Gasteiger partial charge in [0.15, 0.2) is 11.5 Å². The second-order valence-electron chi connectivity index (χ2n) is 9.58. The maximum absolute atomic E-state index is 6.59. The zero-order valence-electron chi connectivity index (χ0n) is 19.0. The highest BCUT2D eigenvalue weighted by molar-refractivity contribution is 6.31. The van der Waals surface area contributed by atoms with Gasteiger partial charge >= 0.3 is 0 Å². The third-order valence-electron chi connectivity index (χ3n) is 4.62. The van der Waals surface area contributed by atoms with Crippen LogP contribution in [0.4, 0.5) is 0 Å². The molecule has 1 N–H and O–H groups in total. The van der Waals surface area contributed by atoms with Crippen LogP contribution in [0.3, 0.4) is 0 Å². The lowest BCUT2D eigenvalue weighted by molar-refractivity contribution is 0.240. The minimum atomic E-state index is 0.00764. The summed E-state index contributed by atoms with van der Waals surface area (Å²) in [6.07, 6.45) is 1.06. The Morgan fingerprint density at radius 3 is 2.28 bits per heavy atom. The van der Waals surface area contributed by atoms with Crippen molar-refractivity contribution in [2.75, 3.05) is 6.61 Å². The predicted octanol–water partition coefficient (Wildman–Crippen LogP) is 6.93. The molecule has 0 bridgehead atoms. The summed E-state index contributed by atoms with van der Waals surface area (Å²) in [4.78, 5) is 0. The predicted molar refractivity (Wildman–Crippen MR) is 123 cm³/mol. The van der Waals surface area contributed by atoms with Gasteiger partial charge in [0.2, 0.25) is 0 Å². The van der Waals surface area contributed by atoms with Gasteiger partial charge in [-0.1, -0.05) is 62.2 Å². The van der Waals surface area contributed by atoms with Crippen molar-refractivity contribution in [3.63, 3.8) is 0 Å². The first-order valence-electron chi connectivity index (χ1n) is 10.4. The summed E-state index contributed by atoms with van der Waals surface area (Å²) in [6, 6.07) is 12.2. The summed E-state index contributed by atoms with van der Waals surface area (Å²) in [5.74, 6) is 1.41. The van der Waals surface area contributed by atoms with Gasteiger partial charge in [-0.05, 0) is 56.7 Å². The lowest BCUT2D eigenvalue weighted by Gasteiger charge is -2.33. The van der Waals surface area contributed by atoms with Crippen LogP contribution >= 0.6 is 11.6 Å². The first-order chi connectivity index (χ1) is 13.5. The highest BCUT2D eigenvalue weighted by Gasteiger charge is 2.25. The van der Waals surface area contributed by atoms with Crippen molar-refractivity contribution in [1.82, 2.24) is 5.32 Å². The summed E-state index contributed by atoms with van der Waals surface area (Å²) in [7, 11) is 0. The molecule has 0 heterocycles. The van der Waals surface area contributed by atoms with E-state index in [2.05, 4.69) is 65.1 Å². The molecule has 0 unspecified atom stereocenters. The molecule has 29 heavy (non-hydrogen) atoms. The monoisotopic (exact) mass is 417 g/mol. The molecule has 0 aliphatic heterocycles. The molecule has 2 aromatic rings. The summed E-state index contributed by atoms with van der Waals surface area (Å²) in [5, 5.41) is 4.33. The largest absolute Gasteiger partial charge is 0.490 e. The molecule has 0 saturated carbocycles. The number of hydrogen-bond acceptors (Lipinski definition) is 3. The molecule has 0 atom stereocenters. The van der Waals surface area contributed by atoms with Gasteiger partial charge in [-0.15, -0.1) is 0 Å². The van der Waals surface area contributed by atoms with Crippen LogP contribution < -0.4 is 14.8 Å². The number of hydrogen-bond donors (Lipinski definition) is 1. The van der Waals surface area contributed by atoms with E-state index in [-0.39, 0.29) is 11.0 Å². The van der Waals surface area contributed by atoms with Crippen LogP contribution in [-0.2, 0) is 13.2 Å². The number of halogens is 1. The smallest absolute Gasteiger partial charge is 0.163 e. The van der Waals surface area contributed by atoms with Crippen LogP contribution in [-0.4, -0.2) is 12.1 Å². The normalized spacial score (nSPS) is 12.1. The molecule has 160 valence electrons. The molecular weight excluding hydrogens is 382 g/mol. The van der Waals surface area contributed by atoms with Crippen molar-refractivity contribution in [3.05, 3.63) is 58.1 Å². The maximum Gasteiger partial charge on any atom is 0.163 e. The van der Waals surface area contributed by atoms with Crippen LogP contribution in [0.5, 0.6) is 11.5 Å². The standard InChI is InChI=1S/C25H36ClNO2/c1-8-28-22-13-20(15-27-25(6,7)17-24(3,4)5)21(26)14-23(22)29-16-19-11-9-10-18(2)12-19/h9-14,27H,8,15-17H2,1-7H3. The van der Waals surface area contributed by atoms with Gasteiger partial charge in [-0.3, -0.25) is 0 Å². The van der Waals surface area contributed by atoms with E-state index in [0.717, 1.165) is 23.3 Å². The highest BCUT2D eigenvalue weighted by Crippen LogP contribution is 2.35. The van der Waals surface area contributed by atoms with E-state index >= 15 is 0 Å². The number of aryl methyl sites for hydroxylation is 1. The number of ether oxygens (including phenoxy) is 2. The van der Waals surface area contributed by atoms with Crippen molar-refractivity contribution in [2.24, 2.45) is 5.41 Å². The van der Waals surface area contributed by atoms with Crippen LogP contribution in [0.25, 0.3) is 0 Å². The van der Waals surface area contributed by atoms with E-state index in [4.69, 9.17) is 21.1 Å². The van der Waals surface area contributed by atoms with Crippen LogP contribution in [0.15, 0.2) is 36.4 Å². The van der Waals surface area contributed by atoms with Gasteiger partial charge in [0.1, 0.15) is 6.61 Å². The Bertz CT molecular complexity index is 809. The van der Waals surface area contributed by atoms with Crippen molar-refractivity contribution >= 4 is 11.6 Å². The zero-order valence-corrected chi connectivity index (χ0v) is 19.7. The summed E-state index contributed by atoms with van der Waals surface area (Å²) < 4.78 is 11.9. The van der Waals surface area contributed by atoms with Gasteiger partial charge in [0, 0.05) is 23.2 Å². The SMILES string of the molecule is CCOc1cc(CNC(C)(C)CC(C)(C)C)c(Cl)cc1OCc1cccc(C)c1. The second-order valence-corrected chi connectivity index (χ2v) is 9.98. The van der Waals surface area contributed by atoms with Gasteiger partial charge in [0.25, 0.3) is 0 Å². The van der Waals surface area contributed by atoms with E-state index in [1.165, 1.54) is 5.56 Å². The average molecular weight is 418 g/mol. The summed E-state index contributed by atoms with van der Waals surface area (Å²) in [6.45, 7) is 17.0. The summed E-state index contributed by atoms with van der Waals surface area (Å²) in [5.41, 5.74) is 3.62. The molecule has 0 amide bonds. The Morgan fingerprint density at radius 1 is 0.966 bits per heavy atom. The van der Waals surface area contributed by atoms with Gasteiger partial charge in [-0.25, -0.2) is 0 Å². The van der Waals surface area contributed by atoms with Gasteiger partial charge < -0.3 is 14.8 Å². The van der Waals surface area contributed by atoms with Crippen LogP contribution in [0, 0.1) is 12.3 Å². The molecule has 2 aromatic carbocycles. The first-order valence-corrected chi connectivity index (χ1v) is 10.8. The Balaban J connectivity index is 2.14. The third-order valence-corrected chi connectivity index (χ3v) is 4.97. The Hall–Kier alpha value is -1.71. The van der Waals surface area contributed by atoms with Crippen molar-refractivity contribution < 1.29 is 9.47 Å². The topological polar surface area (TPSA) is 30.5 Å². The maximum atomic E-state index is 6.59. The fourth-order valence-electron chi connectivity index (χ4n) is 3.78. The minimum absolute atomic E-state index is 0.00764. The van der Waals surface area contributed by atoms with Gasteiger partial charge in [0.05, 0.1) is 6.61 Å². The van der Waals surface area contributed by atoms with E-state index < -0.39 is 0 Å². The van der Waals surface area contributed by atoms with Crippen molar-refractivity contribution in [3.8, 4) is 11.5 Å². The Morgan fingerprint density at radius 2 is 1.66 bits per heavy atom. The molecule has 4 heteroatoms. The van der Waals surface area contributed by atoms with Crippen molar-refractivity contribution in [1.29, 1.82) is 0 Å². The lowest BCUT2D eigenvalue weighted by atomic mass is 9.82.